The van der Waals surface area contributed by atoms with Crippen molar-refractivity contribution in [3.8, 4) is 11.5 Å². The van der Waals surface area contributed by atoms with Gasteiger partial charge in [0.1, 0.15) is 36.9 Å². The molecule has 2 aliphatic heterocycles. The number of hydrogen-bond donors (Lipinski definition) is 0. The lowest BCUT2D eigenvalue weighted by atomic mass is 9.77. The molecule has 0 bridgehead atoms. The van der Waals surface area contributed by atoms with Gasteiger partial charge in [-0.25, -0.2) is 0 Å². The molecule has 0 N–H and O–H groups in total. The van der Waals surface area contributed by atoms with Crippen molar-refractivity contribution in [2.24, 2.45) is 0 Å². The van der Waals surface area contributed by atoms with Crippen molar-refractivity contribution in [1.29, 1.82) is 0 Å². The van der Waals surface area contributed by atoms with Crippen molar-refractivity contribution in [3.63, 3.8) is 0 Å². The van der Waals surface area contributed by atoms with Gasteiger partial charge in [-0.3, -0.25) is 0 Å². The molecule has 0 radical (unpaired) electrons. The molecule has 0 aromatic heterocycles. The fourth-order valence-electron chi connectivity index (χ4n) is 2.93. The summed E-state index contributed by atoms with van der Waals surface area (Å²) in [4.78, 5) is 0. The Morgan fingerprint density at radius 3 is 2.12 bits per heavy atom. The van der Waals surface area contributed by atoms with Crippen LogP contribution < -0.4 is 9.47 Å². The van der Waals surface area contributed by atoms with Gasteiger partial charge in [-0.15, -0.1) is 0 Å². The van der Waals surface area contributed by atoms with Crippen LogP contribution in [0.25, 0.3) is 0 Å². The largest absolute Gasteiger partial charge is 0.491 e. The van der Waals surface area contributed by atoms with Gasteiger partial charge in [0.25, 0.3) is 0 Å². The molecule has 0 aliphatic carbocycles. The molecule has 4 heteroatoms. The standard InChI is InChI=1S/C21H24O4/c1-21(2,15-7-9-16(10-8-15)22-11-17-12-23-17)19-5-3-4-6-20(19)25-14-18-13-24-18/h3-10,17-18H,11-14H2,1-2H3. The van der Waals surface area contributed by atoms with E-state index in [0.717, 1.165) is 24.7 Å². The molecule has 2 aromatic rings. The third-order valence-electron chi connectivity index (χ3n) is 4.80. The Labute approximate surface area is 148 Å². The molecule has 2 fully saturated rings. The number of epoxide rings is 2. The molecule has 4 nitrogen and oxygen atoms in total. The van der Waals surface area contributed by atoms with E-state index in [-0.39, 0.29) is 17.6 Å². The molecule has 2 atom stereocenters. The molecule has 2 aromatic carbocycles. The average molecular weight is 340 g/mol. The van der Waals surface area contributed by atoms with E-state index in [1.54, 1.807) is 0 Å². The summed E-state index contributed by atoms with van der Waals surface area (Å²) >= 11 is 0. The van der Waals surface area contributed by atoms with Gasteiger partial charge in [0, 0.05) is 11.0 Å². The third kappa shape index (κ3) is 3.97. The second kappa shape index (κ2) is 6.70. The van der Waals surface area contributed by atoms with Gasteiger partial charge in [0.15, 0.2) is 0 Å². The van der Waals surface area contributed by atoms with E-state index in [2.05, 4.69) is 38.1 Å². The molecular weight excluding hydrogens is 316 g/mol. The van der Waals surface area contributed by atoms with Crippen LogP contribution in [-0.4, -0.2) is 38.6 Å². The monoisotopic (exact) mass is 340 g/mol. The predicted octanol–water partition coefficient (Wildman–Crippen LogP) is 3.57. The minimum atomic E-state index is -0.168. The first-order valence-corrected chi connectivity index (χ1v) is 8.82. The van der Waals surface area contributed by atoms with Crippen LogP contribution in [0.1, 0.15) is 25.0 Å². The quantitative estimate of drug-likeness (QED) is 0.689. The zero-order valence-electron chi connectivity index (χ0n) is 14.7. The number of rotatable bonds is 8. The van der Waals surface area contributed by atoms with Gasteiger partial charge in [-0.2, -0.15) is 0 Å². The third-order valence-corrected chi connectivity index (χ3v) is 4.80. The highest BCUT2D eigenvalue weighted by atomic mass is 16.6. The molecule has 132 valence electrons. The van der Waals surface area contributed by atoms with Crippen molar-refractivity contribution in [2.45, 2.75) is 31.5 Å². The second-order valence-corrected chi connectivity index (χ2v) is 7.18. The fraction of sp³-hybridized carbons (Fsp3) is 0.429. The molecule has 2 aliphatic rings. The maximum Gasteiger partial charge on any atom is 0.123 e. The summed E-state index contributed by atoms with van der Waals surface area (Å²) in [5.74, 6) is 1.81. The SMILES string of the molecule is CC(C)(c1ccc(OCC2CO2)cc1)c1ccccc1OCC1CO1. The van der Waals surface area contributed by atoms with Crippen LogP contribution in [0.3, 0.4) is 0 Å². The highest BCUT2D eigenvalue weighted by Gasteiger charge is 2.29. The van der Waals surface area contributed by atoms with Crippen LogP contribution >= 0.6 is 0 Å². The molecule has 25 heavy (non-hydrogen) atoms. The highest BCUT2D eigenvalue weighted by Crippen LogP contribution is 2.38. The van der Waals surface area contributed by atoms with E-state index < -0.39 is 0 Å². The van der Waals surface area contributed by atoms with Gasteiger partial charge in [-0.1, -0.05) is 44.2 Å². The smallest absolute Gasteiger partial charge is 0.123 e. The first kappa shape index (κ1) is 16.4. The van der Waals surface area contributed by atoms with Crippen LogP contribution in [0.4, 0.5) is 0 Å². The van der Waals surface area contributed by atoms with Crippen molar-refractivity contribution < 1.29 is 18.9 Å². The summed E-state index contributed by atoms with van der Waals surface area (Å²) in [6.07, 6.45) is 0.527. The molecule has 2 heterocycles. The van der Waals surface area contributed by atoms with E-state index in [0.29, 0.717) is 13.2 Å². The Bertz CT molecular complexity index is 715. The molecular formula is C21H24O4. The zero-order chi connectivity index (χ0) is 17.3. The summed E-state index contributed by atoms with van der Waals surface area (Å²) < 4.78 is 22.2. The van der Waals surface area contributed by atoms with Crippen LogP contribution in [-0.2, 0) is 14.9 Å². The first-order valence-electron chi connectivity index (χ1n) is 8.82. The Balaban J connectivity index is 1.51. The van der Waals surface area contributed by atoms with Crippen molar-refractivity contribution in [1.82, 2.24) is 0 Å². The van der Waals surface area contributed by atoms with E-state index in [9.17, 15) is 0 Å². The lowest BCUT2D eigenvalue weighted by Gasteiger charge is -2.28. The van der Waals surface area contributed by atoms with Gasteiger partial charge in [-0.05, 0) is 23.8 Å². The predicted molar refractivity (Wildman–Crippen MR) is 95.5 cm³/mol. The van der Waals surface area contributed by atoms with Crippen LogP contribution in [0, 0.1) is 0 Å². The van der Waals surface area contributed by atoms with E-state index >= 15 is 0 Å². The average Bonchev–Trinajstić information content (AvgIpc) is 3.54. The molecule has 4 rings (SSSR count). The molecule has 2 saturated heterocycles. The molecule has 0 spiro atoms. The number of ether oxygens (including phenoxy) is 4. The summed E-state index contributed by atoms with van der Waals surface area (Å²) in [6, 6.07) is 16.6. The zero-order valence-corrected chi connectivity index (χ0v) is 14.7. The molecule has 0 amide bonds. The van der Waals surface area contributed by atoms with Crippen LogP contribution in [0.15, 0.2) is 48.5 Å². The van der Waals surface area contributed by atoms with Crippen LogP contribution in [0.2, 0.25) is 0 Å². The van der Waals surface area contributed by atoms with Crippen molar-refractivity contribution in [2.75, 3.05) is 26.4 Å². The van der Waals surface area contributed by atoms with Crippen molar-refractivity contribution in [3.05, 3.63) is 59.7 Å². The van der Waals surface area contributed by atoms with Gasteiger partial charge >= 0.3 is 0 Å². The Kier molecular flexibility index (Phi) is 4.40. The van der Waals surface area contributed by atoms with Crippen LogP contribution in [0.5, 0.6) is 11.5 Å². The summed E-state index contributed by atoms with van der Waals surface area (Å²) in [7, 11) is 0. The van der Waals surface area contributed by atoms with E-state index in [1.807, 2.05) is 24.3 Å². The summed E-state index contributed by atoms with van der Waals surface area (Å²) in [6.45, 7) is 7.30. The minimum Gasteiger partial charge on any atom is -0.491 e. The maximum absolute atomic E-state index is 6.00. The Hall–Kier alpha value is -2.04. The number of hydrogen-bond acceptors (Lipinski definition) is 4. The summed E-state index contributed by atoms with van der Waals surface area (Å²) in [5, 5.41) is 0. The van der Waals surface area contributed by atoms with E-state index in [1.165, 1.54) is 11.1 Å². The molecule has 0 saturated carbocycles. The van der Waals surface area contributed by atoms with Gasteiger partial charge in [0.05, 0.1) is 13.2 Å². The van der Waals surface area contributed by atoms with Gasteiger partial charge < -0.3 is 18.9 Å². The fourth-order valence-corrected chi connectivity index (χ4v) is 2.93. The molecule has 2 unspecified atom stereocenters. The minimum absolute atomic E-state index is 0.168. The second-order valence-electron chi connectivity index (χ2n) is 7.18. The maximum atomic E-state index is 6.00. The lowest BCUT2D eigenvalue weighted by Crippen LogP contribution is -2.21. The number of para-hydroxylation sites is 1. The normalized spacial score (nSPS) is 21.7. The van der Waals surface area contributed by atoms with Crippen molar-refractivity contribution >= 4 is 0 Å². The Morgan fingerprint density at radius 1 is 0.880 bits per heavy atom. The Morgan fingerprint density at radius 2 is 1.48 bits per heavy atom. The topological polar surface area (TPSA) is 43.5 Å². The summed E-state index contributed by atoms with van der Waals surface area (Å²) in [5.41, 5.74) is 2.23. The highest BCUT2D eigenvalue weighted by molar-refractivity contribution is 5.46. The lowest BCUT2D eigenvalue weighted by molar-refractivity contribution is 0.258. The number of benzene rings is 2. The van der Waals surface area contributed by atoms with E-state index in [4.69, 9.17) is 18.9 Å². The first-order chi connectivity index (χ1) is 12.1. The van der Waals surface area contributed by atoms with Gasteiger partial charge in [0.2, 0.25) is 0 Å².